The number of hydrogen-bond donors (Lipinski definition) is 1. The molecule has 1 unspecified atom stereocenters. The van der Waals surface area contributed by atoms with E-state index >= 15 is 0 Å². The van der Waals surface area contributed by atoms with Gasteiger partial charge in [-0.15, -0.1) is 11.3 Å². The number of rotatable bonds is 3. The first-order valence-electron chi connectivity index (χ1n) is 4.77. The molecule has 0 saturated carbocycles. The van der Waals surface area contributed by atoms with Crippen LogP contribution in [0.15, 0.2) is 17.5 Å². The van der Waals surface area contributed by atoms with E-state index in [1.165, 1.54) is 0 Å². The Morgan fingerprint density at radius 2 is 2.60 bits per heavy atom. The van der Waals surface area contributed by atoms with Crippen molar-refractivity contribution >= 4 is 17.3 Å². The normalized spacial score (nSPS) is 25.4. The Morgan fingerprint density at radius 1 is 1.73 bits per heavy atom. The summed E-state index contributed by atoms with van der Waals surface area (Å²) >= 11 is 1.56. The predicted octanol–water partition coefficient (Wildman–Crippen LogP) is 0.909. The molecule has 2 N–H and O–H groups in total. The van der Waals surface area contributed by atoms with Crippen LogP contribution in [-0.4, -0.2) is 24.7 Å². The van der Waals surface area contributed by atoms with Crippen LogP contribution in [-0.2, 0) is 20.9 Å². The molecule has 2 heterocycles. The van der Waals surface area contributed by atoms with Crippen LogP contribution in [0.25, 0.3) is 0 Å². The summed E-state index contributed by atoms with van der Waals surface area (Å²) in [5.74, 6) is -0.367. The van der Waals surface area contributed by atoms with Gasteiger partial charge in [-0.05, 0) is 11.4 Å². The van der Waals surface area contributed by atoms with Crippen molar-refractivity contribution in [1.29, 1.82) is 0 Å². The van der Waals surface area contributed by atoms with Gasteiger partial charge in [-0.1, -0.05) is 6.07 Å². The first-order chi connectivity index (χ1) is 7.21. The molecule has 0 aromatic carbocycles. The minimum Gasteiger partial charge on any atom is -0.459 e. The van der Waals surface area contributed by atoms with E-state index in [0.29, 0.717) is 19.6 Å². The minimum atomic E-state index is -0.933. The molecule has 1 aromatic heterocycles. The molecule has 0 aliphatic carbocycles. The largest absolute Gasteiger partial charge is 0.459 e. The van der Waals surface area contributed by atoms with Gasteiger partial charge in [0.1, 0.15) is 12.1 Å². The zero-order valence-electron chi connectivity index (χ0n) is 8.27. The van der Waals surface area contributed by atoms with Crippen LogP contribution in [0, 0.1) is 0 Å². The molecule has 1 aliphatic heterocycles. The van der Waals surface area contributed by atoms with E-state index in [4.69, 9.17) is 15.2 Å². The highest BCUT2D eigenvalue weighted by atomic mass is 32.1. The lowest BCUT2D eigenvalue weighted by Crippen LogP contribution is -2.49. The van der Waals surface area contributed by atoms with Gasteiger partial charge in [-0.2, -0.15) is 0 Å². The van der Waals surface area contributed by atoms with Gasteiger partial charge in [0.15, 0.2) is 0 Å². The van der Waals surface area contributed by atoms with Crippen LogP contribution in [0.2, 0.25) is 0 Å². The maximum atomic E-state index is 11.6. The number of carbonyl (C=O) groups excluding carboxylic acids is 1. The van der Waals surface area contributed by atoms with Gasteiger partial charge in [0.2, 0.25) is 0 Å². The zero-order chi connectivity index (χ0) is 10.7. The molecule has 1 aliphatic rings. The molecule has 0 spiro atoms. The third-order valence-corrected chi connectivity index (χ3v) is 3.23. The zero-order valence-corrected chi connectivity index (χ0v) is 9.09. The summed E-state index contributed by atoms with van der Waals surface area (Å²) in [4.78, 5) is 12.7. The van der Waals surface area contributed by atoms with Gasteiger partial charge in [-0.25, -0.2) is 4.79 Å². The summed E-state index contributed by atoms with van der Waals surface area (Å²) in [5.41, 5.74) is 4.91. The lowest BCUT2D eigenvalue weighted by atomic mass is 10.0. The van der Waals surface area contributed by atoms with Crippen molar-refractivity contribution in [3.05, 3.63) is 22.4 Å². The van der Waals surface area contributed by atoms with Crippen molar-refractivity contribution in [2.45, 2.75) is 18.6 Å². The van der Waals surface area contributed by atoms with Gasteiger partial charge < -0.3 is 15.2 Å². The molecule has 2 rings (SSSR count). The third-order valence-electron chi connectivity index (χ3n) is 2.38. The van der Waals surface area contributed by atoms with Gasteiger partial charge in [0.05, 0.1) is 6.61 Å². The monoisotopic (exact) mass is 227 g/mol. The summed E-state index contributed by atoms with van der Waals surface area (Å²) in [7, 11) is 0. The Bertz CT molecular complexity index is 330. The van der Waals surface area contributed by atoms with Crippen molar-refractivity contribution in [3.63, 3.8) is 0 Å². The Labute approximate surface area is 92.0 Å². The predicted molar refractivity (Wildman–Crippen MR) is 56.5 cm³/mol. The number of ether oxygens (including phenoxy) is 2. The number of carbonyl (C=O) groups is 1. The molecule has 82 valence electrons. The van der Waals surface area contributed by atoms with Crippen LogP contribution in [0.5, 0.6) is 0 Å². The molecule has 1 aromatic rings. The van der Waals surface area contributed by atoms with Crippen LogP contribution < -0.4 is 5.73 Å². The number of nitrogens with two attached hydrogens (primary N) is 1. The number of thiophene rings is 1. The highest BCUT2D eigenvalue weighted by Gasteiger charge is 2.39. The van der Waals surface area contributed by atoms with E-state index in [1.54, 1.807) is 11.3 Å². The van der Waals surface area contributed by atoms with Gasteiger partial charge in [0.25, 0.3) is 0 Å². The van der Waals surface area contributed by atoms with Crippen LogP contribution in [0.4, 0.5) is 0 Å². The molecule has 0 radical (unpaired) electrons. The minimum absolute atomic E-state index is 0.260. The average Bonchev–Trinajstić information content (AvgIpc) is 2.85. The number of esters is 1. The van der Waals surface area contributed by atoms with Crippen LogP contribution in [0.3, 0.4) is 0 Å². The SMILES string of the molecule is NC1(C(=O)OCc2cccs2)CCOC1. The van der Waals surface area contributed by atoms with E-state index in [1.807, 2.05) is 17.5 Å². The third kappa shape index (κ3) is 2.37. The first kappa shape index (κ1) is 10.6. The Kier molecular flexibility index (Phi) is 3.04. The van der Waals surface area contributed by atoms with E-state index in [2.05, 4.69) is 0 Å². The Morgan fingerprint density at radius 3 is 3.20 bits per heavy atom. The maximum Gasteiger partial charge on any atom is 0.328 e. The van der Waals surface area contributed by atoms with E-state index in [0.717, 1.165) is 4.88 Å². The highest BCUT2D eigenvalue weighted by Crippen LogP contribution is 2.18. The molecule has 15 heavy (non-hydrogen) atoms. The molecule has 0 amide bonds. The van der Waals surface area contributed by atoms with Crippen molar-refractivity contribution in [1.82, 2.24) is 0 Å². The van der Waals surface area contributed by atoms with Gasteiger partial charge >= 0.3 is 5.97 Å². The van der Waals surface area contributed by atoms with Gasteiger partial charge in [-0.3, -0.25) is 0 Å². The summed E-state index contributed by atoms with van der Waals surface area (Å²) in [6, 6.07) is 3.84. The average molecular weight is 227 g/mol. The molecule has 5 heteroatoms. The van der Waals surface area contributed by atoms with E-state index < -0.39 is 5.54 Å². The second-order valence-electron chi connectivity index (χ2n) is 3.61. The number of hydrogen-bond acceptors (Lipinski definition) is 5. The standard InChI is InChI=1S/C10H13NO3S/c11-10(3-4-13-7-10)9(12)14-6-8-2-1-5-15-8/h1-2,5H,3-4,6-7,11H2. The summed E-state index contributed by atoms with van der Waals surface area (Å²) in [6.07, 6.45) is 0.538. The molecular formula is C10H13NO3S. The second-order valence-corrected chi connectivity index (χ2v) is 4.65. The van der Waals surface area contributed by atoms with Crippen molar-refractivity contribution in [2.24, 2.45) is 5.73 Å². The van der Waals surface area contributed by atoms with Crippen molar-refractivity contribution in [2.75, 3.05) is 13.2 Å². The van der Waals surface area contributed by atoms with Crippen molar-refractivity contribution in [3.8, 4) is 0 Å². The summed E-state index contributed by atoms with van der Waals surface area (Å²) in [6.45, 7) is 1.09. The Hall–Kier alpha value is -0.910. The summed E-state index contributed by atoms with van der Waals surface area (Å²) < 4.78 is 10.2. The van der Waals surface area contributed by atoms with Crippen molar-refractivity contribution < 1.29 is 14.3 Å². The molecule has 1 fully saturated rings. The molecule has 1 atom stereocenters. The fraction of sp³-hybridized carbons (Fsp3) is 0.500. The fourth-order valence-corrected chi connectivity index (χ4v) is 2.03. The second kappa shape index (κ2) is 4.30. The molecular weight excluding hydrogens is 214 g/mol. The lowest BCUT2D eigenvalue weighted by molar-refractivity contribution is -0.151. The first-order valence-corrected chi connectivity index (χ1v) is 5.65. The van der Waals surface area contributed by atoms with E-state index in [-0.39, 0.29) is 12.6 Å². The smallest absolute Gasteiger partial charge is 0.328 e. The highest BCUT2D eigenvalue weighted by molar-refractivity contribution is 7.09. The van der Waals surface area contributed by atoms with Crippen LogP contribution >= 0.6 is 11.3 Å². The Balaban J connectivity index is 1.87. The van der Waals surface area contributed by atoms with Crippen LogP contribution in [0.1, 0.15) is 11.3 Å². The molecule has 0 bridgehead atoms. The van der Waals surface area contributed by atoms with E-state index in [9.17, 15) is 4.79 Å². The lowest BCUT2D eigenvalue weighted by Gasteiger charge is -2.18. The quantitative estimate of drug-likeness (QED) is 0.780. The maximum absolute atomic E-state index is 11.6. The molecule has 1 saturated heterocycles. The topological polar surface area (TPSA) is 61.6 Å². The van der Waals surface area contributed by atoms with Gasteiger partial charge in [0, 0.05) is 17.9 Å². The summed E-state index contributed by atoms with van der Waals surface area (Å²) in [5, 5.41) is 1.94. The molecule has 4 nitrogen and oxygen atoms in total. The fourth-order valence-electron chi connectivity index (χ4n) is 1.42.